The molecule has 3 rings (SSSR count). The van der Waals surface area contributed by atoms with Gasteiger partial charge in [0.2, 0.25) is 5.91 Å². The third kappa shape index (κ3) is 5.84. The fourth-order valence-corrected chi connectivity index (χ4v) is 3.18. The summed E-state index contributed by atoms with van der Waals surface area (Å²) in [6.45, 7) is 2.66. The van der Waals surface area contributed by atoms with Crippen LogP contribution in [0.25, 0.3) is 5.65 Å². The van der Waals surface area contributed by atoms with Gasteiger partial charge in [0, 0.05) is 30.7 Å². The number of aryl methyl sites for hydroxylation is 1. The Morgan fingerprint density at radius 3 is 2.88 bits per heavy atom. The number of hydrogen-bond donors (Lipinski definition) is 2. The van der Waals surface area contributed by atoms with Gasteiger partial charge in [-0.05, 0) is 37.3 Å². The normalized spacial score (nSPS) is 14.6. The second-order valence-corrected chi connectivity index (χ2v) is 6.99. The zero-order valence-corrected chi connectivity index (χ0v) is 16.1. The molecule has 1 aliphatic carbocycles. The largest absolute Gasteiger partial charge is 0.354 e. The summed E-state index contributed by atoms with van der Waals surface area (Å²) >= 11 is 1.58. The monoisotopic (exact) mass is 390 g/mol. The predicted molar refractivity (Wildman–Crippen MR) is 104 cm³/mol. The highest BCUT2D eigenvalue weighted by molar-refractivity contribution is 7.99. The summed E-state index contributed by atoms with van der Waals surface area (Å²) in [6, 6.07) is 4.18. The maximum Gasteiger partial charge on any atom is 0.230 e. The number of hydrogen-bond acceptors (Lipinski definition) is 4. The van der Waals surface area contributed by atoms with Crippen LogP contribution in [0.2, 0.25) is 0 Å². The van der Waals surface area contributed by atoms with E-state index in [0.717, 1.165) is 17.1 Å². The molecule has 24 heavy (non-hydrogen) atoms. The summed E-state index contributed by atoms with van der Waals surface area (Å²) in [6.07, 6.45) is 6.50. The number of carbonyl (C=O) groups excluding carboxylic acids is 1. The number of thioether (sulfide) groups is 1. The number of nitrogens with one attached hydrogen (secondary N) is 1. The van der Waals surface area contributed by atoms with Crippen molar-refractivity contribution in [2.45, 2.75) is 31.6 Å². The zero-order chi connectivity index (χ0) is 15.5. The topological polar surface area (TPSA) is 72.4 Å². The SMILES string of the molecule is Cc1ccc2nc(CSCC(=O)NCC(N)C3CC3)cn2c1.Cl.Cl. The van der Waals surface area contributed by atoms with Gasteiger partial charge in [-0.3, -0.25) is 4.79 Å². The Balaban J connectivity index is 0.00000144. The predicted octanol–water partition coefficient (Wildman–Crippen LogP) is 2.57. The van der Waals surface area contributed by atoms with E-state index in [1.807, 2.05) is 16.7 Å². The summed E-state index contributed by atoms with van der Waals surface area (Å²) in [5.74, 6) is 1.86. The van der Waals surface area contributed by atoms with Crippen LogP contribution in [0.3, 0.4) is 0 Å². The molecule has 0 aliphatic heterocycles. The average molecular weight is 391 g/mol. The molecule has 0 aromatic carbocycles. The molecule has 8 heteroatoms. The van der Waals surface area contributed by atoms with E-state index in [-0.39, 0.29) is 36.8 Å². The molecule has 1 saturated carbocycles. The van der Waals surface area contributed by atoms with Crippen molar-refractivity contribution in [2.75, 3.05) is 12.3 Å². The number of nitrogens with zero attached hydrogens (tertiary/aromatic N) is 2. The summed E-state index contributed by atoms with van der Waals surface area (Å²) in [5, 5.41) is 2.91. The van der Waals surface area contributed by atoms with E-state index >= 15 is 0 Å². The second-order valence-electron chi connectivity index (χ2n) is 6.00. The van der Waals surface area contributed by atoms with Crippen LogP contribution in [-0.2, 0) is 10.5 Å². The van der Waals surface area contributed by atoms with E-state index < -0.39 is 0 Å². The molecule has 2 aromatic heterocycles. The summed E-state index contributed by atoms with van der Waals surface area (Å²) in [5.41, 5.74) is 9.12. The van der Waals surface area contributed by atoms with Crippen LogP contribution in [0.1, 0.15) is 24.1 Å². The zero-order valence-electron chi connectivity index (χ0n) is 13.6. The number of fused-ring (bicyclic) bond motifs is 1. The fourth-order valence-electron chi connectivity index (χ4n) is 2.45. The number of imidazole rings is 1. The van der Waals surface area contributed by atoms with Gasteiger partial charge in [0.1, 0.15) is 5.65 Å². The van der Waals surface area contributed by atoms with Gasteiger partial charge in [0.15, 0.2) is 0 Å². The standard InChI is InChI=1S/C16H22N4OS.2ClH/c1-11-2-5-15-19-13(8-20(15)7-11)9-22-10-16(21)18-6-14(17)12-3-4-12;;/h2,5,7-8,12,14H,3-4,6,9-10,17H2,1H3,(H,18,21);2*1H. The van der Waals surface area contributed by atoms with Gasteiger partial charge in [-0.1, -0.05) is 6.07 Å². The summed E-state index contributed by atoms with van der Waals surface area (Å²) in [7, 11) is 0. The third-order valence-electron chi connectivity index (χ3n) is 3.89. The first-order chi connectivity index (χ1) is 10.6. The van der Waals surface area contributed by atoms with Crippen LogP contribution in [0, 0.1) is 12.8 Å². The molecular formula is C16H24Cl2N4OS. The Morgan fingerprint density at radius 2 is 2.17 bits per heavy atom. The van der Waals surface area contributed by atoms with E-state index in [9.17, 15) is 4.79 Å². The highest BCUT2D eigenvalue weighted by Gasteiger charge is 2.28. The molecule has 134 valence electrons. The number of rotatable bonds is 7. The van der Waals surface area contributed by atoms with E-state index in [1.54, 1.807) is 11.8 Å². The first kappa shape index (κ1) is 21.1. The molecule has 0 spiro atoms. The fraction of sp³-hybridized carbons (Fsp3) is 0.500. The van der Waals surface area contributed by atoms with Crippen molar-refractivity contribution in [3.8, 4) is 0 Å². The van der Waals surface area contributed by atoms with Crippen molar-refractivity contribution in [2.24, 2.45) is 11.7 Å². The third-order valence-corrected chi connectivity index (χ3v) is 4.86. The van der Waals surface area contributed by atoms with Crippen molar-refractivity contribution < 1.29 is 4.79 Å². The number of amides is 1. The van der Waals surface area contributed by atoms with Gasteiger partial charge < -0.3 is 15.5 Å². The first-order valence-corrected chi connectivity index (χ1v) is 8.81. The van der Waals surface area contributed by atoms with Gasteiger partial charge in [-0.15, -0.1) is 36.6 Å². The maximum absolute atomic E-state index is 11.8. The molecule has 0 saturated heterocycles. The number of carbonyl (C=O) groups is 1. The lowest BCUT2D eigenvalue weighted by Crippen LogP contribution is -2.39. The van der Waals surface area contributed by atoms with Crippen molar-refractivity contribution in [1.29, 1.82) is 0 Å². The highest BCUT2D eigenvalue weighted by Crippen LogP contribution is 2.31. The molecule has 2 heterocycles. The Hall–Kier alpha value is -0.950. The molecule has 2 aromatic rings. The van der Waals surface area contributed by atoms with Crippen LogP contribution >= 0.6 is 36.6 Å². The Kier molecular flexibility index (Phi) is 8.36. The lowest BCUT2D eigenvalue weighted by Gasteiger charge is -2.11. The van der Waals surface area contributed by atoms with Crippen molar-refractivity contribution >= 4 is 48.1 Å². The minimum atomic E-state index is 0. The molecule has 0 radical (unpaired) electrons. The van der Waals surface area contributed by atoms with E-state index in [4.69, 9.17) is 5.73 Å². The van der Waals surface area contributed by atoms with Crippen LogP contribution < -0.4 is 11.1 Å². The van der Waals surface area contributed by atoms with Crippen molar-refractivity contribution in [3.05, 3.63) is 35.8 Å². The van der Waals surface area contributed by atoms with Crippen molar-refractivity contribution in [3.63, 3.8) is 0 Å². The lowest BCUT2D eigenvalue weighted by molar-refractivity contribution is -0.118. The Morgan fingerprint density at radius 1 is 1.42 bits per heavy atom. The van der Waals surface area contributed by atoms with Crippen LogP contribution in [0.5, 0.6) is 0 Å². The maximum atomic E-state index is 11.8. The number of nitrogens with two attached hydrogens (primary N) is 1. The van der Waals surface area contributed by atoms with Gasteiger partial charge in [-0.2, -0.15) is 0 Å². The molecule has 5 nitrogen and oxygen atoms in total. The second kappa shape index (κ2) is 9.51. The summed E-state index contributed by atoms with van der Waals surface area (Å²) < 4.78 is 2.03. The molecule has 1 unspecified atom stereocenters. The molecule has 3 N–H and O–H groups in total. The van der Waals surface area contributed by atoms with Gasteiger partial charge in [0.25, 0.3) is 0 Å². The molecule has 1 atom stereocenters. The number of halogens is 2. The van der Waals surface area contributed by atoms with Gasteiger partial charge in [0.05, 0.1) is 11.4 Å². The van der Waals surface area contributed by atoms with Crippen LogP contribution in [0.4, 0.5) is 0 Å². The average Bonchev–Trinajstić information content (AvgIpc) is 3.26. The van der Waals surface area contributed by atoms with E-state index in [0.29, 0.717) is 18.2 Å². The molecule has 1 amide bonds. The van der Waals surface area contributed by atoms with Crippen LogP contribution in [-0.4, -0.2) is 33.6 Å². The van der Waals surface area contributed by atoms with E-state index in [1.165, 1.54) is 18.4 Å². The smallest absolute Gasteiger partial charge is 0.230 e. The minimum Gasteiger partial charge on any atom is -0.354 e. The van der Waals surface area contributed by atoms with E-state index in [2.05, 4.69) is 29.5 Å². The lowest BCUT2D eigenvalue weighted by atomic mass is 10.2. The van der Waals surface area contributed by atoms with Gasteiger partial charge in [-0.25, -0.2) is 4.98 Å². The molecule has 1 aliphatic rings. The molecular weight excluding hydrogens is 367 g/mol. The number of aromatic nitrogens is 2. The molecule has 0 bridgehead atoms. The Bertz CT molecular complexity index is 675. The van der Waals surface area contributed by atoms with Crippen molar-refractivity contribution in [1.82, 2.24) is 14.7 Å². The summed E-state index contributed by atoms with van der Waals surface area (Å²) in [4.78, 5) is 16.3. The quantitative estimate of drug-likeness (QED) is 0.761. The molecule has 1 fully saturated rings. The number of pyridine rings is 1. The van der Waals surface area contributed by atoms with Crippen LogP contribution in [0.15, 0.2) is 24.5 Å². The highest BCUT2D eigenvalue weighted by atomic mass is 35.5. The Labute approximate surface area is 159 Å². The first-order valence-electron chi connectivity index (χ1n) is 7.66. The van der Waals surface area contributed by atoms with Gasteiger partial charge >= 0.3 is 0 Å². The minimum absolute atomic E-state index is 0.